The molecule has 0 N–H and O–H groups in total. The Morgan fingerprint density at radius 2 is 1.58 bits per heavy atom. The average molecular weight is 319 g/mol. The maximum atomic E-state index is 2.53. The third kappa shape index (κ3) is 4.52. The Kier molecular flexibility index (Phi) is 7.52. The molecule has 106 valence electrons. The minimum absolute atomic E-state index is 0.894. The Hall–Kier alpha value is -0.497. The predicted molar refractivity (Wildman–Crippen MR) is 90.5 cm³/mol. The van der Waals surface area contributed by atoms with Gasteiger partial charge in [-0.3, -0.25) is 0 Å². The zero-order chi connectivity index (χ0) is 14.1. The standard InChI is InChI=1S/C18H30Ge/c1-5-12-18(19(6-2,7-3)8-4)16-15-17-13-10-9-11-14-17/h5,9-14,18H,6-8,15-16H2,1-4H3/b12-5+. The summed E-state index contributed by atoms with van der Waals surface area (Å²) in [6, 6.07) is 11.0. The summed E-state index contributed by atoms with van der Waals surface area (Å²) in [4.78, 5) is 0. The van der Waals surface area contributed by atoms with Crippen molar-refractivity contribution in [2.45, 2.75) is 61.0 Å². The predicted octanol–water partition coefficient (Wildman–Crippen LogP) is 6.07. The van der Waals surface area contributed by atoms with E-state index in [2.05, 4.69) is 70.2 Å². The van der Waals surface area contributed by atoms with Gasteiger partial charge >= 0.3 is 122 Å². The molecule has 0 aliphatic heterocycles. The van der Waals surface area contributed by atoms with Gasteiger partial charge in [-0.15, -0.1) is 0 Å². The Morgan fingerprint density at radius 1 is 1.00 bits per heavy atom. The van der Waals surface area contributed by atoms with E-state index in [9.17, 15) is 0 Å². The molecule has 0 spiro atoms. The molecule has 0 saturated carbocycles. The van der Waals surface area contributed by atoms with E-state index in [-0.39, 0.29) is 0 Å². The first-order valence-electron chi connectivity index (χ1n) is 7.89. The first kappa shape index (κ1) is 16.6. The van der Waals surface area contributed by atoms with Crippen LogP contribution >= 0.6 is 0 Å². The second kappa shape index (κ2) is 8.63. The molecule has 0 bridgehead atoms. The van der Waals surface area contributed by atoms with Gasteiger partial charge in [0.2, 0.25) is 0 Å². The van der Waals surface area contributed by atoms with Gasteiger partial charge in [0.1, 0.15) is 0 Å². The first-order valence-corrected chi connectivity index (χ1v) is 13.5. The van der Waals surface area contributed by atoms with Gasteiger partial charge < -0.3 is 0 Å². The summed E-state index contributed by atoms with van der Waals surface area (Å²) >= 11 is -1.67. The van der Waals surface area contributed by atoms with Gasteiger partial charge in [0.25, 0.3) is 0 Å². The van der Waals surface area contributed by atoms with E-state index in [0.717, 1.165) is 4.75 Å². The molecule has 0 aromatic heterocycles. The van der Waals surface area contributed by atoms with Crippen LogP contribution in [-0.4, -0.2) is 13.3 Å². The molecule has 0 aliphatic carbocycles. The number of rotatable bonds is 8. The first-order chi connectivity index (χ1) is 9.22. The van der Waals surface area contributed by atoms with Crippen LogP contribution in [0.25, 0.3) is 0 Å². The molecular formula is C18H30Ge. The summed E-state index contributed by atoms with van der Waals surface area (Å²) in [7, 11) is 0. The topological polar surface area (TPSA) is 0 Å². The monoisotopic (exact) mass is 320 g/mol. The van der Waals surface area contributed by atoms with Crippen LogP contribution in [0.2, 0.25) is 20.5 Å². The van der Waals surface area contributed by atoms with Gasteiger partial charge in [-0.2, -0.15) is 0 Å². The number of hydrogen-bond acceptors (Lipinski definition) is 0. The molecule has 0 fully saturated rings. The van der Waals surface area contributed by atoms with Crippen molar-refractivity contribution in [2.75, 3.05) is 0 Å². The van der Waals surface area contributed by atoms with E-state index >= 15 is 0 Å². The van der Waals surface area contributed by atoms with Crippen molar-refractivity contribution in [2.24, 2.45) is 0 Å². The van der Waals surface area contributed by atoms with Crippen LogP contribution in [0.4, 0.5) is 0 Å². The molecule has 19 heavy (non-hydrogen) atoms. The quantitative estimate of drug-likeness (QED) is 0.403. The molecule has 0 saturated heterocycles. The molecule has 1 aromatic rings. The van der Waals surface area contributed by atoms with Crippen molar-refractivity contribution >= 4 is 13.3 Å². The second-order valence-electron chi connectivity index (χ2n) is 5.58. The molecule has 1 aromatic carbocycles. The van der Waals surface area contributed by atoms with E-state index in [0.29, 0.717) is 0 Å². The SMILES string of the molecule is C/C=C/[CH](CCc1ccccc1)[Ge]([CH2]C)([CH2]C)[CH2]C. The van der Waals surface area contributed by atoms with Crippen molar-refractivity contribution in [3.05, 3.63) is 48.0 Å². The van der Waals surface area contributed by atoms with Gasteiger partial charge in [0.05, 0.1) is 0 Å². The molecule has 0 amide bonds. The molecule has 1 heteroatoms. The van der Waals surface area contributed by atoms with Crippen LogP contribution < -0.4 is 0 Å². The van der Waals surface area contributed by atoms with Gasteiger partial charge in [-0.05, 0) is 0 Å². The van der Waals surface area contributed by atoms with Gasteiger partial charge in [-0.1, -0.05) is 0 Å². The number of benzene rings is 1. The minimum atomic E-state index is -1.67. The molecule has 0 nitrogen and oxygen atoms in total. The molecule has 0 radical (unpaired) electrons. The summed E-state index contributed by atoms with van der Waals surface area (Å²) in [6.07, 6.45) is 7.41. The fourth-order valence-corrected chi connectivity index (χ4v) is 12.6. The van der Waals surface area contributed by atoms with Crippen LogP contribution in [0, 0.1) is 0 Å². The van der Waals surface area contributed by atoms with Crippen molar-refractivity contribution < 1.29 is 0 Å². The Labute approximate surface area is 122 Å². The fourth-order valence-electron chi connectivity index (χ4n) is 3.34. The summed E-state index contributed by atoms with van der Waals surface area (Å²) in [5, 5.41) is 4.41. The number of aryl methyl sites for hydroxylation is 1. The summed E-state index contributed by atoms with van der Waals surface area (Å²) in [6.45, 7) is 9.49. The van der Waals surface area contributed by atoms with Crippen LogP contribution in [0.3, 0.4) is 0 Å². The third-order valence-corrected chi connectivity index (χ3v) is 18.1. The summed E-state index contributed by atoms with van der Waals surface area (Å²) in [5.74, 6) is 0. The molecular weight excluding hydrogens is 289 g/mol. The Morgan fingerprint density at radius 3 is 2.05 bits per heavy atom. The van der Waals surface area contributed by atoms with Crippen molar-refractivity contribution in [3.8, 4) is 0 Å². The van der Waals surface area contributed by atoms with Crippen molar-refractivity contribution in [1.29, 1.82) is 0 Å². The van der Waals surface area contributed by atoms with Crippen LogP contribution in [0.1, 0.15) is 39.7 Å². The normalized spacial score (nSPS) is 13.9. The van der Waals surface area contributed by atoms with E-state index in [4.69, 9.17) is 0 Å². The van der Waals surface area contributed by atoms with Gasteiger partial charge in [0, 0.05) is 0 Å². The zero-order valence-corrected chi connectivity index (χ0v) is 15.3. The number of allylic oxidation sites excluding steroid dienone is 2. The summed E-state index contributed by atoms with van der Waals surface area (Å²) in [5.41, 5.74) is 1.50. The fraction of sp³-hybridized carbons (Fsp3) is 0.556. The van der Waals surface area contributed by atoms with Gasteiger partial charge in [0.15, 0.2) is 0 Å². The van der Waals surface area contributed by atoms with Crippen molar-refractivity contribution in [1.82, 2.24) is 0 Å². The zero-order valence-electron chi connectivity index (χ0n) is 13.2. The summed E-state index contributed by atoms with van der Waals surface area (Å²) < 4.78 is 0.894. The van der Waals surface area contributed by atoms with E-state index in [1.165, 1.54) is 34.2 Å². The van der Waals surface area contributed by atoms with E-state index in [1.54, 1.807) is 0 Å². The Bertz CT molecular complexity index is 354. The second-order valence-corrected chi connectivity index (χ2v) is 17.3. The van der Waals surface area contributed by atoms with Crippen LogP contribution in [0.5, 0.6) is 0 Å². The number of hydrogen-bond donors (Lipinski definition) is 0. The third-order valence-electron chi connectivity index (χ3n) is 4.91. The maximum absolute atomic E-state index is 2.53. The van der Waals surface area contributed by atoms with E-state index < -0.39 is 13.3 Å². The van der Waals surface area contributed by atoms with Crippen LogP contribution in [-0.2, 0) is 6.42 Å². The molecule has 1 unspecified atom stereocenters. The van der Waals surface area contributed by atoms with Gasteiger partial charge in [-0.25, -0.2) is 0 Å². The molecule has 0 aliphatic rings. The van der Waals surface area contributed by atoms with Crippen LogP contribution in [0.15, 0.2) is 42.5 Å². The Balaban J connectivity index is 2.77. The molecule has 0 heterocycles. The van der Waals surface area contributed by atoms with Crippen molar-refractivity contribution in [3.63, 3.8) is 0 Å². The average Bonchev–Trinajstić information content (AvgIpc) is 2.48. The van der Waals surface area contributed by atoms with E-state index in [1.807, 2.05) is 0 Å². The molecule has 1 rings (SSSR count). The molecule has 1 atom stereocenters.